The Kier molecular flexibility index (Phi) is 7.18. The van der Waals surface area contributed by atoms with Crippen molar-refractivity contribution in [2.45, 2.75) is 12.3 Å². The standard InChI is InChI=1S/C5H14NO8P/c6-5(3-12-15(9,10)11)14-13-4(1-7)2-8/h4-5,7-8H,1-3,6H2,(H2,9,10,11). The number of aliphatic hydroxyl groups excluding tert-OH is 2. The van der Waals surface area contributed by atoms with Crippen LogP contribution in [-0.4, -0.2) is 52.2 Å². The molecule has 0 saturated heterocycles. The minimum absolute atomic E-state index is 0.484. The third-order valence-electron chi connectivity index (χ3n) is 1.13. The van der Waals surface area contributed by atoms with E-state index in [4.69, 9.17) is 25.7 Å². The predicted molar refractivity (Wildman–Crippen MR) is 46.1 cm³/mol. The number of phosphoric acid groups is 1. The second-order valence-corrected chi connectivity index (χ2v) is 3.74. The van der Waals surface area contributed by atoms with Gasteiger partial charge >= 0.3 is 7.82 Å². The molecule has 1 atom stereocenters. The summed E-state index contributed by atoms with van der Waals surface area (Å²) in [6, 6.07) is 0. The van der Waals surface area contributed by atoms with Gasteiger partial charge in [0.2, 0.25) is 0 Å². The molecule has 0 aromatic rings. The largest absolute Gasteiger partial charge is 0.469 e. The first-order valence-electron chi connectivity index (χ1n) is 3.88. The quantitative estimate of drug-likeness (QED) is 0.138. The van der Waals surface area contributed by atoms with Crippen LogP contribution in [0.4, 0.5) is 0 Å². The van der Waals surface area contributed by atoms with Crippen molar-refractivity contribution in [2.24, 2.45) is 5.73 Å². The second-order valence-electron chi connectivity index (χ2n) is 2.50. The molecule has 92 valence electrons. The van der Waals surface area contributed by atoms with Crippen molar-refractivity contribution in [3.63, 3.8) is 0 Å². The molecule has 0 aliphatic rings. The molecule has 0 aromatic carbocycles. The maximum atomic E-state index is 10.2. The Morgan fingerprint density at radius 3 is 2.13 bits per heavy atom. The fraction of sp³-hybridized carbons (Fsp3) is 1.00. The number of hydrogen-bond donors (Lipinski definition) is 5. The van der Waals surface area contributed by atoms with Crippen molar-refractivity contribution < 1.29 is 38.9 Å². The molecule has 0 rings (SSSR count). The Balaban J connectivity index is 3.65. The Labute approximate surface area is 85.5 Å². The normalized spacial score (nSPS) is 14.5. The van der Waals surface area contributed by atoms with Crippen LogP contribution in [-0.2, 0) is 18.9 Å². The van der Waals surface area contributed by atoms with Gasteiger partial charge in [-0.05, 0) is 0 Å². The SMILES string of the molecule is NC(COP(=O)(O)O)OOC(CO)CO. The van der Waals surface area contributed by atoms with Crippen molar-refractivity contribution in [1.29, 1.82) is 0 Å². The van der Waals surface area contributed by atoms with Gasteiger partial charge in [-0.15, -0.1) is 0 Å². The maximum Gasteiger partial charge on any atom is 0.469 e. The second kappa shape index (κ2) is 7.23. The van der Waals surface area contributed by atoms with Crippen LogP contribution in [0, 0.1) is 0 Å². The lowest BCUT2D eigenvalue weighted by molar-refractivity contribution is -0.360. The highest BCUT2D eigenvalue weighted by Crippen LogP contribution is 2.35. The van der Waals surface area contributed by atoms with Crippen LogP contribution in [0.2, 0.25) is 0 Å². The molecule has 1 unspecified atom stereocenters. The highest BCUT2D eigenvalue weighted by molar-refractivity contribution is 7.46. The van der Waals surface area contributed by atoms with Gasteiger partial charge in [0.25, 0.3) is 0 Å². The smallest absolute Gasteiger partial charge is 0.393 e. The molecule has 0 aromatic heterocycles. The summed E-state index contributed by atoms with van der Waals surface area (Å²) in [6.45, 7) is -1.56. The molecule has 0 amide bonds. The first-order chi connectivity index (χ1) is 6.89. The van der Waals surface area contributed by atoms with Gasteiger partial charge in [0.1, 0.15) is 12.7 Å². The fourth-order valence-corrected chi connectivity index (χ4v) is 0.808. The predicted octanol–water partition coefficient (Wildman–Crippen LogP) is -2.32. The lowest BCUT2D eigenvalue weighted by Gasteiger charge is -2.16. The average Bonchev–Trinajstić information content (AvgIpc) is 2.15. The Bertz CT molecular complexity index is 203. The van der Waals surface area contributed by atoms with Crippen LogP contribution in [0.25, 0.3) is 0 Å². The molecule has 15 heavy (non-hydrogen) atoms. The number of nitrogens with two attached hydrogens (primary N) is 1. The van der Waals surface area contributed by atoms with E-state index in [9.17, 15) is 4.57 Å². The molecule has 0 saturated carbocycles. The highest BCUT2D eigenvalue weighted by Gasteiger charge is 2.18. The highest BCUT2D eigenvalue weighted by atomic mass is 31.2. The zero-order chi connectivity index (χ0) is 11.9. The summed E-state index contributed by atoms with van der Waals surface area (Å²) in [5.74, 6) is 0. The number of aliphatic hydroxyl groups is 2. The first-order valence-corrected chi connectivity index (χ1v) is 5.41. The van der Waals surface area contributed by atoms with Crippen LogP contribution in [0.15, 0.2) is 0 Å². The van der Waals surface area contributed by atoms with E-state index < -0.39 is 40.0 Å². The third-order valence-corrected chi connectivity index (χ3v) is 1.61. The van der Waals surface area contributed by atoms with E-state index in [0.717, 1.165) is 0 Å². The molecule has 0 aliphatic carbocycles. The van der Waals surface area contributed by atoms with Crippen LogP contribution in [0.1, 0.15) is 0 Å². The van der Waals surface area contributed by atoms with Gasteiger partial charge in [-0.2, -0.15) is 0 Å². The first kappa shape index (κ1) is 14.9. The molecule has 0 radical (unpaired) electrons. The lowest BCUT2D eigenvalue weighted by Crippen LogP contribution is -2.33. The van der Waals surface area contributed by atoms with Crippen molar-refractivity contribution in [3.05, 3.63) is 0 Å². The van der Waals surface area contributed by atoms with Gasteiger partial charge in [-0.1, -0.05) is 0 Å². The van der Waals surface area contributed by atoms with Gasteiger partial charge in [0.05, 0.1) is 13.2 Å². The van der Waals surface area contributed by atoms with E-state index in [1.165, 1.54) is 0 Å². The number of rotatable bonds is 8. The summed E-state index contributed by atoms with van der Waals surface area (Å²) in [7, 11) is -4.60. The Hall–Kier alpha value is -0.0900. The number of phosphoric ester groups is 1. The molecule has 0 fully saturated rings. The molecule has 0 spiro atoms. The molecule has 6 N–H and O–H groups in total. The van der Waals surface area contributed by atoms with Gasteiger partial charge in [-0.25, -0.2) is 14.3 Å². The molecule has 0 aliphatic heterocycles. The molecular formula is C5H14NO8P. The van der Waals surface area contributed by atoms with E-state index in [0.29, 0.717) is 0 Å². The van der Waals surface area contributed by atoms with Crippen LogP contribution in [0.5, 0.6) is 0 Å². The van der Waals surface area contributed by atoms with Gasteiger partial charge < -0.3 is 25.7 Å². The van der Waals surface area contributed by atoms with E-state index in [-0.39, 0.29) is 0 Å². The van der Waals surface area contributed by atoms with Gasteiger partial charge in [0.15, 0.2) is 6.23 Å². The molecule has 0 heterocycles. The summed E-state index contributed by atoms with van der Waals surface area (Å²) in [5, 5.41) is 17.1. The lowest BCUT2D eigenvalue weighted by atomic mass is 10.4. The Morgan fingerprint density at radius 2 is 1.73 bits per heavy atom. The van der Waals surface area contributed by atoms with Gasteiger partial charge in [0, 0.05) is 0 Å². The third kappa shape index (κ3) is 8.88. The minimum atomic E-state index is -4.60. The summed E-state index contributed by atoms with van der Waals surface area (Å²) >= 11 is 0. The van der Waals surface area contributed by atoms with Crippen LogP contribution >= 0.6 is 7.82 Å². The maximum absolute atomic E-state index is 10.2. The molecular weight excluding hydrogens is 233 g/mol. The summed E-state index contributed by atoms with van der Waals surface area (Å²) in [6.07, 6.45) is -2.20. The zero-order valence-electron chi connectivity index (χ0n) is 7.72. The van der Waals surface area contributed by atoms with Crippen molar-refractivity contribution in [2.75, 3.05) is 19.8 Å². The molecule has 10 heteroatoms. The van der Waals surface area contributed by atoms with E-state index in [2.05, 4.69) is 14.3 Å². The van der Waals surface area contributed by atoms with Crippen molar-refractivity contribution >= 4 is 7.82 Å². The summed E-state index contributed by atoms with van der Waals surface area (Å²) < 4.78 is 14.2. The summed E-state index contributed by atoms with van der Waals surface area (Å²) in [4.78, 5) is 25.4. The monoisotopic (exact) mass is 247 g/mol. The van der Waals surface area contributed by atoms with E-state index in [1.807, 2.05) is 0 Å². The van der Waals surface area contributed by atoms with Gasteiger partial charge in [-0.3, -0.25) is 4.52 Å². The minimum Gasteiger partial charge on any atom is -0.393 e. The Morgan fingerprint density at radius 1 is 1.20 bits per heavy atom. The number of hydrogen-bond acceptors (Lipinski definition) is 7. The van der Waals surface area contributed by atoms with Crippen molar-refractivity contribution in [3.8, 4) is 0 Å². The fourth-order valence-electron chi connectivity index (χ4n) is 0.467. The molecule has 9 nitrogen and oxygen atoms in total. The zero-order valence-corrected chi connectivity index (χ0v) is 8.62. The van der Waals surface area contributed by atoms with Crippen molar-refractivity contribution in [1.82, 2.24) is 0 Å². The van der Waals surface area contributed by atoms with Crippen LogP contribution < -0.4 is 5.73 Å². The average molecular weight is 247 g/mol. The topological polar surface area (TPSA) is 152 Å². The molecule has 0 bridgehead atoms. The van der Waals surface area contributed by atoms with E-state index in [1.54, 1.807) is 0 Å². The van der Waals surface area contributed by atoms with E-state index >= 15 is 0 Å². The summed E-state index contributed by atoms with van der Waals surface area (Å²) in [5.41, 5.74) is 5.16. The van der Waals surface area contributed by atoms with Crippen LogP contribution in [0.3, 0.4) is 0 Å².